The Labute approximate surface area is 165 Å². The first-order valence-corrected chi connectivity index (χ1v) is 11.4. The van der Waals surface area contributed by atoms with Crippen molar-refractivity contribution in [3.8, 4) is 0 Å². The van der Waals surface area contributed by atoms with E-state index in [4.69, 9.17) is 0 Å². The van der Waals surface area contributed by atoms with Crippen molar-refractivity contribution >= 4 is 27.2 Å². The van der Waals surface area contributed by atoms with Crippen LogP contribution in [-0.2, 0) is 21.8 Å². The van der Waals surface area contributed by atoms with Crippen LogP contribution in [0.5, 0.6) is 0 Å². The normalized spacial score (nSPS) is 13.3. The van der Waals surface area contributed by atoms with Crippen molar-refractivity contribution in [1.82, 2.24) is 15.2 Å². The summed E-state index contributed by atoms with van der Waals surface area (Å²) in [6.45, 7) is 8.60. The molecule has 148 valence electrons. The maximum atomic E-state index is 12.5. The molecule has 0 saturated carbocycles. The van der Waals surface area contributed by atoms with Crippen LogP contribution in [0.25, 0.3) is 0 Å². The summed E-state index contributed by atoms with van der Waals surface area (Å²) >= 11 is 1.60. The van der Waals surface area contributed by atoms with E-state index in [0.29, 0.717) is 6.54 Å². The summed E-state index contributed by atoms with van der Waals surface area (Å²) in [6.07, 6.45) is 1.18. The van der Waals surface area contributed by atoms with Crippen LogP contribution in [0.15, 0.2) is 34.5 Å². The molecule has 0 spiro atoms. The lowest BCUT2D eigenvalue weighted by Crippen LogP contribution is -2.38. The number of aromatic nitrogens is 1. The molecule has 27 heavy (non-hydrogen) atoms. The minimum absolute atomic E-state index is 0.00361. The Morgan fingerprint density at radius 1 is 1.26 bits per heavy atom. The standard InChI is InChI=1S/C19H27N3O3S2/c1-13(14-7-9-16(10-8-14)27(6,24)25)22(5)18(23)20-11-15-12-26-17(21-15)19(2,3)4/h7-10,12-13H,11H2,1-6H3,(H,20,23). The maximum Gasteiger partial charge on any atom is 0.317 e. The number of benzene rings is 1. The number of amides is 2. The van der Waals surface area contributed by atoms with Gasteiger partial charge >= 0.3 is 6.03 Å². The molecule has 0 bridgehead atoms. The summed E-state index contributed by atoms with van der Waals surface area (Å²) in [5, 5.41) is 5.89. The summed E-state index contributed by atoms with van der Waals surface area (Å²) in [7, 11) is -1.51. The number of nitrogens with zero attached hydrogens (tertiary/aromatic N) is 2. The molecule has 0 aliphatic carbocycles. The third kappa shape index (κ3) is 5.52. The summed E-state index contributed by atoms with van der Waals surface area (Å²) in [5.41, 5.74) is 1.71. The predicted molar refractivity (Wildman–Crippen MR) is 109 cm³/mol. The Balaban J connectivity index is 1.99. The van der Waals surface area contributed by atoms with E-state index in [1.54, 1.807) is 47.5 Å². The summed E-state index contributed by atoms with van der Waals surface area (Å²) in [4.78, 5) is 18.9. The van der Waals surface area contributed by atoms with Gasteiger partial charge in [0.25, 0.3) is 0 Å². The van der Waals surface area contributed by atoms with Gasteiger partial charge in [-0.05, 0) is 24.6 Å². The summed E-state index contributed by atoms with van der Waals surface area (Å²) in [5.74, 6) is 0. The van der Waals surface area contributed by atoms with Crippen LogP contribution in [0, 0.1) is 0 Å². The zero-order valence-corrected chi connectivity index (χ0v) is 18.2. The van der Waals surface area contributed by atoms with E-state index in [-0.39, 0.29) is 22.4 Å². The van der Waals surface area contributed by atoms with Crippen LogP contribution in [0.4, 0.5) is 4.79 Å². The molecule has 1 N–H and O–H groups in total. The molecule has 0 aliphatic heterocycles. The number of nitrogens with one attached hydrogen (secondary N) is 1. The topological polar surface area (TPSA) is 79.4 Å². The van der Waals surface area contributed by atoms with Crippen LogP contribution in [0.3, 0.4) is 0 Å². The lowest BCUT2D eigenvalue weighted by molar-refractivity contribution is 0.194. The SMILES string of the molecule is CC(c1ccc(S(C)(=O)=O)cc1)N(C)C(=O)NCc1csc(C(C)(C)C)n1. The van der Waals surface area contributed by atoms with E-state index >= 15 is 0 Å². The molecule has 0 radical (unpaired) electrons. The monoisotopic (exact) mass is 409 g/mol. The Morgan fingerprint density at radius 2 is 1.85 bits per heavy atom. The van der Waals surface area contributed by atoms with E-state index < -0.39 is 9.84 Å². The number of hydrogen-bond donors (Lipinski definition) is 1. The van der Waals surface area contributed by atoms with Gasteiger partial charge in [0, 0.05) is 24.1 Å². The van der Waals surface area contributed by atoms with Gasteiger partial charge in [-0.25, -0.2) is 18.2 Å². The van der Waals surface area contributed by atoms with Crippen LogP contribution < -0.4 is 5.32 Å². The molecule has 2 amide bonds. The minimum atomic E-state index is -3.23. The molecule has 2 aromatic rings. The molecule has 1 aromatic carbocycles. The minimum Gasteiger partial charge on any atom is -0.332 e. The average Bonchev–Trinajstić information content (AvgIpc) is 3.07. The highest BCUT2D eigenvalue weighted by atomic mass is 32.2. The maximum absolute atomic E-state index is 12.5. The van der Waals surface area contributed by atoms with Gasteiger partial charge in [0.1, 0.15) is 0 Å². The van der Waals surface area contributed by atoms with Crippen molar-refractivity contribution in [2.45, 2.75) is 50.6 Å². The number of sulfone groups is 1. The number of urea groups is 1. The second-order valence-electron chi connectivity index (χ2n) is 7.68. The van der Waals surface area contributed by atoms with Gasteiger partial charge in [-0.2, -0.15) is 0 Å². The van der Waals surface area contributed by atoms with Crippen LogP contribution >= 0.6 is 11.3 Å². The first-order chi connectivity index (χ1) is 12.4. The third-order valence-electron chi connectivity index (χ3n) is 4.31. The molecule has 1 unspecified atom stereocenters. The van der Waals surface area contributed by atoms with Crippen molar-refractivity contribution in [3.05, 3.63) is 45.9 Å². The molecular formula is C19H27N3O3S2. The van der Waals surface area contributed by atoms with Crippen molar-refractivity contribution in [2.24, 2.45) is 0 Å². The lowest BCUT2D eigenvalue weighted by atomic mass is 9.98. The van der Waals surface area contributed by atoms with Gasteiger partial charge < -0.3 is 10.2 Å². The number of rotatable bonds is 5. The third-order valence-corrected chi connectivity index (χ3v) is 6.75. The molecular weight excluding hydrogens is 382 g/mol. The van der Waals surface area contributed by atoms with Crippen molar-refractivity contribution < 1.29 is 13.2 Å². The Hall–Kier alpha value is -1.93. The molecule has 1 aromatic heterocycles. The molecule has 6 nitrogen and oxygen atoms in total. The van der Waals surface area contributed by atoms with E-state index in [1.165, 1.54) is 6.26 Å². The van der Waals surface area contributed by atoms with E-state index in [1.807, 2.05) is 12.3 Å². The quantitative estimate of drug-likeness (QED) is 0.816. The lowest BCUT2D eigenvalue weighted by Gasteiger charge is -2.25. The first-order valence-electron chi connectivity index (χ1n) is 8.65. The average molecular weight is 410 g/mol. The van der Waals surface area contributed by atoms with Crippen molar-refractivity contribution in [3.63, 3.8) is 0 Å². The van der Waals surface area contributed by atoms with Crippen LogP contribution in [0.2, 0.25) is 0 Å². The Kier molecular flexibility index (Phi) is 6.32. The molecule has 0 saturated heterocycles. The van der Waals surface area contributed by atoms with Gasteiger partial charge in [-0.3, -0.25) is 0 Å². The molecule has 0 fully saturated rings. The number of carbonyl (C=O) groups is 1. The predicted octanol–water partition coefficient (Wildman–Crippen LogP) is 3.75. The largest absolute Gasteiger partial charge is 0.332 e. The molecule has 1 atom stereocenters. The fourth-order valence-electron chi connectivity index (χ4n) is 2.42. The number of hydrogen-bond acceptors (Lipinski definition) is 5. The van der Waals surface area contributed by atoms with Crippen molar-refractivity contribution in [2.75, 3.05) is 13.3 Å². The highest BCUT2D eigenvalue weighted by molar-refractivity contribution is 7.90. The molecule has 1 heterocycles. The Morgan fingerprint density at radius 3 is 2.33 bits per heavy atom. The zero-order chi connectivity index (χ0) is 20.4. The molecule has 0 aliphatic rings. The second-order valence-corrected chi connectivity index (χ2v) is 10.6. The van der Waals surface area contributed by atoms with Crippen LogP contribution in [0.1, 0.15) is 50.0 Å². The van der Waals surface area contributed by atoms with Gasteiger partial charge in [0.15, 0.2) is 9.84 Å². The number of thiazole rings is 1. The second kappa shape index (κ2) is 7.98. The first kappa shape index (κ1) is 21.4. The van der Waals surface area contributed by atoms with Gasteiger partial charge in [-0.1, -0.05) is 32.9 Å². The number of carbonyl (C=O) groups excluding carboxylic acids is 1. The van der Waals surface area contributed by atoms with Crippen molar-refractivity contribution in [1.29, 1.82) is 0 Å². The van der Waals surface area contributed by atoms with Crippen LogP contribution in [-0.4, -0.2) is 37.6 Å². The molecule has 2 rings (SSSR count). The molecule has 8 heteroatoms. The van der Waals surface area contributed by atoms with Gasteiger partial charge in [0.05, 0.1) is 28.2 Å². The van der Waals surface area contributed by atoms with E-state index in [9.17, 15) is 13.2 Å². The van der Waals surface area contributed by atoms with E-state index in [0.717, 1.165) is 16.3 Å². The highest BCUT2D eigenvalue weighted by Crippen LogP contribution is 2.25. The summed E-state index contributed by atoms with van der Waals surface area (Å²) < 4.78 is 23.1. The zero-order valence-electron chi connectivity index (χ0n) is 16.6. The van der Waals surface area contributed by atoms with E-state index in [2.05, 4.69) is 31.1 Å². The fraction of sp³-hybridized carbons (Fsp3) is 0.474. The summed E-state index contributed by atoms with van der Waals surface area (Å²) in [6, 6.07) is 6.20. The highest BCUT2D eigenvalue weighted by Gasteiger charge is 2.20. The fourth-order valence-corrected chi connectivity index (χ4v) is 3.95. The smallest absolute Gasteiger partial charge is 0.317 e. The van der Waals surface area contributed by atoms with Gasteiger partial charge in [0.2, 0.25) is 0 Å². The Bertz CT molecular complexity index is 897. The van der Waals surface area contributed by atoms with Gasteiger partial charge in [-0.15, -0.1) is 11.3 Å².